The minimum atomic E-state index is -0.197. The van der Waals surface area contributed by atoms with E-state index in [1.54, 1.807) is 12.4 Å². The molecule has 0 spiro atoms. The molecule has 4 nitrogen and oxygen atoms in total. The van der Waals surface area contributed by atoms with Crippen LogP contribution in [0.15, 0.2) is 18.5 Å². The van der Waals surface area contributed by atoms with Gasteiger partial charge in [0.15, 0.2) is 0 Å². The van der Waals surface area contributed by atoms with Crippen molar-refractivity contribution in [3.8, 4) is 0 Å². The summed E-state index contributed by atoms with van der Waals surface area (Å²) in [5.74, 6) is 0. The second-order valence-corrected chi connectivity index (χ2v) is 6.14. The summed E-state index contributed by atoms with van der Waals surface area (Å²) in [4.78, 5) is 6.34. The maximum atomic E-state index is 9.41. The molecule has 1 aromatic rings. The number of rotatable bonds is 2. The number of aromatic nitrogens is 1. The number of anilines is 1. The van der Waals surface area contributed by atoms with E-state index in [9.17, 15) is 5.11 Å². The zero-order valence-electron chi connectivity index (χ0n) is 11.6. The molecule has 1 N–H and O–H groups in total. The molecule has 100 valence electrons. The van der Waals surface area contributed by atoms with Crippen LogP contribution in [0.4, 0.5) is 5.69 Å². The highest BCUT2D eigenvalue weighted by molar-refractivity contribution is 5.53. The SMILES string of the molecule is CC1(C)CN(c2ccncc2CO)CC(C)(C)O1. The van der Waals surface area contributed by atoms with E-state index in [1.165, 1.54) is 0 Å². The zero-order valence-corrected chi connectivity index (χ0v) is 11.6. The lowest BCUT2D eigenvalue weighted by Gasteiger charge is -2.48. The number of hydrogen-bond donors (Lipinski definition) is 1. The zero-order chi connectivity index (χ0) is 13.4. The first-order chi connectivity index (χ1) is 8.33. The normalized spacial score (nSPS) is 21.9. The van der Waals surface area contributed by atoms with Crippen LogP contribution in [0.2, 0.25) is 0 Å². The van der Waals surface area contributed by atoms with Crippen molar-refractivity contribution in [2.24, 2.45) is 0 Å². The topological polar surface area (TPSA) is 45.6 Å². The molecule has 4 heteroatoms. The summed E-state index contributed by atoms with van der Waals surface area (Å²) < 4.78 is 6.07. The highest BCUT2D eigenvalue weighted by Gasteiger charge is 2.38. The Hall–Kier alpha value is -1.13. The maximum absolute atomic E-state index is 9.41. The van der Waals surface area contributed by atoms with Crippen molar-refractivity contribution in [2.45, 2.75) is 45.5 Å². The van der Waals surface area contributed by atoms with Gasteiger partial charge in [-0.1, -0.05) is 0 Å². The molecular weight excluding hydrogens is 228 g/mol. The smallest absolute Gasteiger partial charge is 0.0808 e. The standard InChI is InChI=1S/C14H22N2O2/c1-13(2)9-16(10-14(3,4)18-13)12-5-6-15-7-11(12)8-17/h5-7,17H,8-10H2,1-4H3. The molecule has 0 saturated carbocycles. The van der Waals surface area contributed by atoms with E-state index in [4.69, 9.17) is 4.74 Å². The largest absolute Gasteiger partial charge is 0.392 e. The van der Waals surface area contributed by atoms with Crippen LogP contribution in [0.5, 0.6) is 0 Å². The Morgan fingerprint density at radius 3 is 2.44 bits per heavy atom. The molecule has 2 rings (SSSR count). The summed E-state index contributed by atoms with van der Waals surface area (Å²) in [7, 11) is 0. The van der Waals surface area contributed by atoms with Gasteiger partial charge >= 0.3 is 0 Å². The first kappa shape index (κ1) is 13.3. The molecule has 2 heterocycles. The van der Waals surface area contributed by atoms with Gasteiger partial charge in [-0.15, -0.1) is 0 Å². The molecule has 0 unspecified atom stereocenters. The third kappa shape index (κ3) is 2.82. The number of pyridine rings is 1. The third-order valence-corrected chi connectivity index (χ3v) is 3.08. The molecule has 1 aromatic heterocycles. The van der Waals surface area contributed by atoms with Crippen LogP contribution in [-0.2, 0) is 11.3 Å². The molecule has 0 amide bonds. The lowest BCUT2D eigenvalue weighted by molar-refractivity contribution is -0.133. The van der Waals surface area contributed by atoms with Crippen molar-refractivity contribution in [3.05, 3.63) is 24.0 Å². The predicted octanol–water partition coefficient (Wildman–Crippen LogP) is 1.97. The molecular formula is C14H22N2O2. The summed E-state index contributed by atoms with van der Waals surface area (Å²) in [6.07, 6.45) is 3.49. The fourth-order valence-corrected chi connectivity index (χ4v) is 2.81. The van der Waals surface area contributed by atoms with Gasteiger partial charge < -0.3 is 14.7 Å². The number of ether oxygens (including phenoxy) is 1. The minimum absolute atomic E-state index is 0.0153. The first-order valence-corrected chi connectivity index (χ1v) is 6.32. The van der Waals surface area contributed by atoms with Gasteiger partial charge in [0.25, 0.3) is 0 Å². The Morgan fingerprint density at radius 1 is 1.28 bits per heavy atom. The Balaban J connectivity index is 2.32. The van der Waals surface area contributed by atoms with Crippen LogP contribution in [0.25, 0.3) is 0 Å². The second kappa shape index (κ2) is 4.52. The van der Waals surface area contributed by atoms with Crippen molar-refractivity contribution in [1.29, 1.82) is 0 Å². The van der Waals surface area contributed by atoms with Gasteiger partial charge in [0.1, 0.15) is 0 Å². The molecule has 0 aromatic carbocycles. The fourth-order valence-electron chi connectivity index (χ4n) is 2.81. The van der Waals surface area contributed by atoms with Crippen molar-refractivity contribution in [1.82, 2.24) is 4.98 Å². The molecule has 1 aliphatic heterocycles. The van der Waals surface area contributed by atoms with E-state index in [-0.39, 0.29) is 17.8 Å². The van der Waals surface area contributed by atoms with Gasteiger partial charge in [0.2, 0.25) is 0 Å². The van der Waals surface area contributed by atoms with Crippen LogP contribution in [-0.4, -0.2) is 34.4 Å². The highest BCUT2D eigenvalue weighted by Crippen LogP contribution is 2.32. The summed E-state index contributed by atoms with van der Waals surface area (Å²) in [5.41, 5.74) is 1.53. The number of aliphatic hydroxyl groups excluding tert-OH is 1. The number of aliphatic hydroxyl groups is 1. The average molecular weight is 250 g/mol. The van der Waals surface area contributed by atoms with E-state index < -0.39 is 0 Å². The van der Waals surface area contributed by atoms with Crippen molar-refractivity contribution < 1.29 is 9.84 Å². The highest BCUT2D eigenvalue weighted by atomic mass is 16.5. The van der Waals surface area contributed by atoms with E-state index in [1.807, 2.05) is 6.07 Å². The second-order valence-electron chi connectivity index (χ2n) is 6.14. The number of morpholine rings is 1. The molecule has 0 radical (unpaired) electrons. The van der Waals surface area contributed by atoms with E-state index in [0.29, 0.717) is 0 Å². The molecule has 18 heavy (non-hydrogen) atoms. The van der Waals surface area contributed by atoms with Crippen LogP contribution in [0, 0.1) is 0 Å². The van der Waals surface area contributed by atoms with Gasteiger partial charge in [-0.25, -0.2) is 0 Å². The third-order valence-electron chi connectivity index (χ3n) is 3.08. The summed E-state index contributed by atoms with van der Waals surface area (Å²) in [6, 6.07) is 1.96. The lowest BCUT2D eigenvalue weighted by atomic mass is 9.98. The van der Waals surface area contributed by atoms with Gasteiger partial charge in [-0.3, -0.25) is 4.98 Å². The van der Waals surface area contributed by atoms with E-state index >= 15 is 0 Å². The number of nitrogens with zero attached hydrogens (tertiary/aromatic N) is 2. The Morgan fingerprint density at radius 2 is 1.89 bits per heavy atom. The average Bonchev–Trinajstić information content (AvgIpc) is 2.24. The molecule has 1 aliphatic rings. The first-order valence-electron chi connectivity index (χ1n) is 6.32. The molecule has 0 atom stereocenters. The summed E-state index contributed by atoms with van der Waals surface area (Å²) >= 11 is 0. The minimum Gasteiger partial charge on any atom is -0.392 e. The van der Waals surface area contributed by atoms with Gasteiger partial charge in [-0.05, 0) is 33.8 Å². The van der Waals surface area contributed by atoms with E-state index in [0.717, 1.165) is 24.3 Å². The molecule has 0 aliphatic carbocycles. The maximum Gasteiger partial charge on any atom is 0.0808 e. The molecule has 1 saturated heterocycles. The van der Waals surface area contributed by atoms with E-state index in [2.05, 4.69) is 37.6 Å². The molecule has 0 bridgehead atoms. The Kier molecular flexibility index (Phi) is 3.34. The monoisotopic (exact) mass is 250 g/mol. The molecule has 1 fully saturated rings. The Labute approximate surface area is 109 Å². The summed E-state index contributed by atoms with van der Waals surface area (Å²) in [5, 5.41) is 9.41. The van der Waals surface area contributed by atoms with Crippen molar-refractivity contribution >= 4 is 5.69 Å². The fraction of sp³-hybridized carbons (Fsp3) is 0.643. The van der Waals surface area contributed by atoms with Crippen LogP contribution >= 0.6 is 0 Å². The van der Waals surface area contributed by atoms with Gasteiger partial charge in [-0.2, -0.15) is 0 Å². The van der Waals surface area contributed by atoms with Crippen LogP contribution in [0.3, 0.4) is 0 Å². The Bertz CT molecular complexity index is 414. The van der Waals surface area contributed by atoms with Crippen molar-refractivity contribution in [2.75, 3.05) is 18.0 Å². The van der Waals surface area contributed by atoms with Crippen LogP contribution < -0.4 is 4.90 Å². The van der Waals surface area contributed by atoms with Gasteiger partial charge in [0.05, 0.1) is 17.8 Å². The predicted molar refractivity (Wildman–Crippen MR) is 71.6 cm³/mol. The van der Waals surface area contributed by atoms with Crippen molar-refractivity contribution in [3.63, 3.8) is 0 Å². The summed E-state index contributed by atoms with van der Waals surface area (Å²) in [6.45, 7) is 10.0. The van der Waals surface area contributed by atoms with Crippen LogP contribution in [0.1, 0.15) is 33.3 Å². The quantitative estimate of drug-likeness (QED) is 0.871. The number of hydrogen-bond acceptors (Lipinski definition) is 4. The lowest BCUT2D eigenvalue weighted by Crippen LogP contribution is -2.57. The van der Waals surface area contributed by atoms with Gasteiger partial charge in [0, 0.05) is 36.7 Å².